The Hall–Kier alpha value is -0.0300. The van der Waals surface area contributed by atoms with Crippen molar-refractivity contribution in [1.29, 1.82) is 0 Å². The molecule has 0 aromatic heterocycles. The van der Waals surface area contributed by atoms with Crippen molar-refractivity contribution in [1.82, 2.24) is 5.32 Å². The molecule has 3 nitrogen and oxygen atoms in total. The van der Waals surface area contributed by atoms with E-state index < -0.39 is 0 Å². The van der Waals surface area contributed by atoms with Crippen molar-refractivity contribution >= 4 is 11.8 Å². The van der Waals surface area contributed by atoms with Crippen LogP contribution in [0.1, 0.15) is 25.7 Å². The van der Waals surface area contributed by atoms with Crippen LogP contribution in [0.3, 0.4) is 0 Å². The second-order valence-corrected chi connectivity index (χ2v) is 5.61. The summed E-state index contributed by atoms with van der Waals surface area (Å²) in [5.41, 5.74) is 0. The molecule has 0 saturated heterocycles. The van der Waals surface area contributed by atoms with Crippen LogP contribution in [-0.4, -0.2) is 48.5 Å². The highest BCUT2D eigenvalue weighted by Gasteiger charge is 2.16. The van der Waals surface area contributed by atoms with Crippen molar-refractivity contribution in [3.8, 4) is 0 Å². The van der Waals surface area contributed by atoms with Gasteiger partial charge < -0.3 is 15.2 Å². The maximum absolute atomic E-state index is 9.70. The first-order chi connectivity index (χ1) is 8.33. The molecule has 0 spiro atoms. The Balaban J connectivity index is 1.86. The molecule has 0 aromatic carbocycles. The first-order valence-corrected chi connectivity index (χ1v) is 7.67. The van der Waals surface area contributed by atoms with Crippen molar-refractivity contribution in [3.63, 3.8) is 0 Å². The lowest BCUT2D eigenvalue weighted by Gasteiger charge is -2.15. The summed E-state index contributed by atoms with van der Waals surface area (Å²) in [5.74, 6) is 2.05. The molecule has 0 aromatic rings. The second kappa shape index (κ2) is 9.95. The maximum Gasteiger partial charge on any atom is 0.0897 e. The van der Waals surface area contributed by atoms with E-state index in [2.05, 4.69) is 11.9 Å². The molecule has 1 saturated carbocycles. The van der Waals surface area contributed by atoms with E-state index in [1.54, 1.807) is 0 Å². The van der Waals surface area contributed by atoms with Gasteiger partial charge in [0.1, 0.15) is 0 Å². The Morgan fingerprint density at radius 2 is 2.24 bits per heavy atom. The van der Waals surface area contributed by atoms with Crippen molar-refractivity contribution < 1.29 is 9.84 Å². The molecule has 1 fully saturated rings. The number of hydrogen-bond acceptors (Lipinski definition) is 4. The summed E-state index contributed by atoms with van der Waals surface area (Å²) in [4.78, 5) is 0. The fraction of sp³-hybridized carbons (Fsp3) is 0.846. The van der Waals surface area contributed by atoms with Gasteiger partial charge in [-0.3, -0.25) is 0 Å². The van der Waals surface area contributed by atoms with Gasteiger partial charge in [-0.15, -0.1) is 6.58 Å². The number of aliphatic hydroxyl groups is 1. The van der Waals surface area contributed by atoms with Crippen molar-refractivity contribution in [2.24, 2.45) is 0 Å². The van der Waals surface area contributed by atoms with E-state index in [-0.39, 0.29) is 6.10 Å². The SMILES string of the molecule is C=CCSCCNCC(O)COC1CCCC1. The highest BCUT2D eigenvalue weighted by molar-refractivity contribution is 7.99. The van der Waals surface area contributed by atoms with Crippen LogP contribution < -0.4 is 5.32 Å². The van der Waals surface area contributed by atoms with Gasteiger partial charge in [-0.05, 0) is 12.8 Å². The molecule has 1 atom stereocenters. The quantitative estimate of drug-likeness (QED) is 0.464. The van der Waals surface area contributed by atoms with E-state index in [4.69, 9.17) is 4.74 Å². The van der Waals surface area contributed by atoms with Gasteiger partial charge in [0.2, 0.25) is 0 Å². The van der Waals surface area contributed by atoms with Gasteiger partial charge in [0.05, 0.1) is 18.8 Å². The van der Waals surface area contributed by atoms with E-state index in [0.717, 1.165) is 18.1 Å². The average Bonchev–Trinajstić information content (AvgIpc) is 2.84. The lowest BCUT2D eigenvalue weighted by Crippen LogP contribution is -2.32. The normalized spacial score (nSPS) is 18.4. The maximum atomic E-state index is 9.70. The minimum Gasteiger partial charge on any atom is -0.389 e. The van der Waals surface area contributed by atoms with Crippen LogP contribution in [0, 0.1) is 0 Å². The third-order valence-corrected chi connectivity index (χ3v) is 3.83. The smallest absolute Gasteiger partial charge is 0.0897 e. The van der Waals surface area contributed by atoms with Crippen molar-refractivity contribution in [2.45, 2.75) is 37.9 Å². The molecule has 0 amide bonds. The van der Waals surface area contributed by atoms with Gasteiger partial charge >= 0.3 is 0 Å². The lowest BCUT2D eigenvalue weighted by atomic mass is 10.3. The van der Waals surface area contributed by atoms with Gasteiger partial charge in [-0.1, -0.05) is 18.9 Å². The molecule has 100 valence electrons. The molecule has 4 heteroatoms. The molecular formula is C13H25NO2S. The standard InChI is InChI=1S/C13H25NO2S/c1-2-8-17-9-7-14-10-12(15)11-16-13-5-3-4-6-13/h2,12-15H,1,3-11H2. The molecular weight excluding hydrogens is 234 g/mol. The van der Waals surface area contributed by atoms with Crippen LogP contribution in [0.5, 0.6) is 0 Å². The van der Waals surface area contributed by atoms with Crippen LogP contribution >= 0.6 is 11.8 Å². The van der Waals surface area contributed by atoms with Gasteiger partial charge in [0.15, 0.2) is 0 Å². The summed E-state index contributed by atoms with van der Waals surface area (Å²) in [6, 6.07) is 0. The van der Waals surface area contributed by atoms with E-state index in [9.17, 15) is 5.11 Å². The summed E-state index contributed by atoms with van der Waals surface area (Å²) in [5, 5.41) is 12.9. The predicted octanol–water partition coefficient (Wildman–Crippen LogP) is 1.82. The molecule has 17 heavy (non-hydrogen) atoms. The van der Waals surface area contributed by atoms with Crippen LogP contribution in [0.2, 0.25) is 0 Å². The molecule has 0 aliphatic heterocycles. The molecule has 1 unspecified atom stereocenters. The molecule has 1 aliphatic carbocycles. The van der Waals surface area contributed by atoms with Crippen LogP contribution in [0.25, 0.3) is 0 Å². The van der Waals surface area contributed by atoms with Gasteiger partial charge in [-0.25, -0.2) is 0 Å². The number of rotatable bonds is 10. The van der Waals surface area contributed by atoms with Crippen molar-refractivity contribution in [3.05, 3.63) is 12.7 Å². The lowest BCUT2D eigenvalue weighted by molar-refractivity contribution is -0.00520. The third kappa shape index (κ3) is 7.82. The molecule has 1 aliphatic rings. The van der Waals surface area contributed by atoms with Gasteiger partial charge in [0, 0.05) is 24.6 Å². The van der Waals surface area contributed by atoms with E-state index in [0.29, 0.717) is 19.3 Å². The summed E-state index contributed by atoms with van der Waals surface area (Å²) < 4.78 is 5.65. The number of aliphatic hydroxyl groups excluding tert-OH is 1. The minimum absolute atomic E-state index is 0.375. The molecule has 2 N–H and O–H groups in total. The Bertz CT molecular complexity index is 196. The third-order valence-electron chi connectivity index (χ3n) is 2.87. The fourth-order valence-corrected chi connectivity index (χ4v) is 2.56. The predicted molar refractivity (Wildman–Crippen MR) is 74.6 cm³/mol. The Kier molecular flexibility index (Phi) is 8.79. The van der Waals surface area contributed by atoms with E-state index >= 15 is 0 Å². The summed E-state index contributed by atoms with van der Waals surface area (Å²) in [6.07, 6.45) is 6.82. The number of ether oxygens (including phenoxy) is 1. The number of nitrogens with one attached hydrogen (secondary N) is 1. The molecule has 1 rings (SSSR count). The average molecular weight is 259 g/mol. The zero-order valence-electron chi connectivity index (χ0n) is 10.6. The molecule has 0 bridgehead atoms. The highest BCUT2D eigenvalue weighted by Crippen LogP contribution is 2.20. The zero-order valence-corrected chi connectivity index (χ0v) is 11.4. The summed E-state index contributed by atoms with van der Waals surface area (Å²) in [7, 11) is 0. The molecule has 0 heterocycles. The van der Waals surface area contributed by atoms with Crippen LogP contribution in [-0.2, 0) is 4.74 Å². The number of hydrogen-bond donors (Lipinski definition) is 2. The van der Waals surface area contributed by atoms with Crippen molar-refractivity contribution in [2.75, 3.05) is 31.2 Å². The van der Waals surface area contributed by atoms with E-state index in [1.165, 1.54) is 25.7 Å². The first-order valence-electron chi connectivity index (χ1n) is 6.52. The first kappa shape index (κ1) is 15.0. The summed E-state index contributed by atoms with van der Waals surface area (Å²) >= 11 is 1.85. The van der Waals surface area contributed by atoms with Gasteiger partial charge in [-0.2, -0.15) is 11.8 Å². The van der Waals surface area contributed by atoms with Gasteiger partial charge in [0.25, 0.3) is 0 Å². The summed E-state index contributed by atoms with van der Waals surface area (Å²) in [6.45, 7) is 5.70. The minimum atomic E-state index is -0.375. The topological polar surface area (TPSA) is 41.5 Å². The number of thioether (sulfide) groups is 1. The van der Waals surface area contributed by atoms with Crippen LogP contribution in [0.4, 0.5) is 0 Å². The Morgan fingerprint density at radius 3 is 2.94 bits per heavy atom. The highest BCUT2D eigenvalue weighted by atomic mass is 32.2. The second-order valence-electron chi connectivity index (χ2n) is 4.46. The largest absolute Gasteiger partial charge is 0.389 e. The fourth-order valence-electron chi connectivity index (χ4n) is 1.94. The molecule has 0 radical (unpaired) electrons. The Labute approximate surface area is 109 Å². The Morgan fingerprint density at radius 1 is 1.47 bits per heavy atom. The van der Waals surface area contributed by atoms with Crippen LogP contribution in [0.15, 0.2) is 12.7 Å². The van der Waals surface area contributed by atoms with E-state index in [1.807, 2.05) is 17.8 Å². The zero-order chi connectivity index (χ0) is 12.3. The monoisotopic (exact) mass is 259 g/mol.